The molecule has 0 radical (unpaired) electrons. The van der Waals surface area contributed by atoms with E-state index in [2.05, 4.69) is 16.7 Å². The Morgan fingerprint density at radius 1 is 1.30 bits per heavy atom. The van der Waals surface area contributed by atoms with Gasteiger partial charge in [-0.25, -0.2) is 0 Å². The number of hydrogen-bond donors (Lipinski definition) is 2. The third-order valence-electron chi connectivity index (χ3n) is 3.02. The summed E-state index contributed by atoms with van der Waals surface area (Å²) in [5.41, 5.74) is 2.15. The zero-order valence-corrected chi connectivity index (χ0v) is 13.2. The van der Waals surface area contributed by atoms with Gasteiger partial charge >= 0.3 is 0 Å². The fraction of sp³-hybridized carbons (Fsp3) is 0.357. The van der Waals surface area contributed by atoms with Gasteiger partial charge in [-0.05, 0) is 30.7 Å². The first-order valence-corrected chi connectivity index (χ1v) is 7.00. The van der Waals surface area contributed by atoms with Crippen molar-refractivity contribution in [2.24, 2.45) is 0 Å². The van der Waals surface area contributed by atoms with Gasteiger partial charge in [0.05, 0.1) is 16.5 Å². The molecule has 0 fully saturated rings. The number of carbonyl (C=O) groups is 1. The van der Waals surface area contributed by atoms with E-state index >= 15 is 0 Å². The minimum Gasteiger partial charge on any atom is -0.352 e. The summed E-state index contributed by atoms with van der Waals surface area (Å²) in [4.78, 5) is 11.8. The molecule has 110 valence electrons. The highest BCUT2D eigenvalue weighted by molar-refractivity contribution is 6.42. The van der Waals surface area contributed by atoms with E-state index in [1.54, 1.807) is 12.1 Å². The first kappa shape index (κ1) is 17.3. The van der Waals surface area contributed by atoms with Crippen LogP contribution in [-0.4, -0.2) is 25.5 Å². The van der Waals surface area contributed by atoms with E-state index in [0.29, 0.717) is 23.0 Å². The van der Waals surface area contributed by atoms with E-state index in [0.717, 1.165) is 25.1 Å². The van der Waals surface area contributed by atoms with Gasteiger partial charge in [0.2, 0.25) is 5.91 Å². The Hall–Kier alpha value is -0.740. The molecule has 1 aromatic carbocycles. The Bertz CT molecular complexity index is 503. The topological polar surface area (TPSA) is 41.1 Å². The van der Waals surface area contributed by atoms with Crippen molar-refractivity contribution in [1.82, 2.24) is 10.6 Å². The lowest BCUT2D eigenvalue weighted by atomic mass is 10.1. The molecule has 0 saturated heterocycles. The van der Waals surface area contributed by atoms with Crippen LogP contribution in [-0.2, 0) is 11.2 Å². The van der Waals surface area contributed by atoms with Crippen LogP contribution in [0.2, 0.25) is 10.0 Å². The molecule has 1 aromatic rings. The van der Waals surface area contributed by atoms with Crippen LogP contribution in [0.15, 0.2) is 29.8 Å². The molecular weight excluding hydrogens is 319 g/mol. The second-order valence-electron chi connectivity index (χ2n) is 4.52. The van der Waals surface area contributed by atoms with Crippen molar-refractivity contribution in [2.75, 3.05) is 19.6 Å². The van der Waals surface area contributed by atoms with Crippen molar-refractivity contribution < 1.29 is 4.79 Å². The van der Waals surface area contributed by atoms with Gasteiger partial charge < -0.3 is 10.6 Å². The molecular formula is C14H17Cl3N2O. The van der Waals surface area contributed by atoms with Gasteiger partial charge in [0.1, 0.15) is 0 Å². The summed E-state index contributed by atoms with van der Waals surface area (Å²) in [5, 5.41) is 7.15. The summed E-state index contributed by atoms with van der Waals surface area (Å²) in [6.45, 7) is 2.49. The van der Waals surface area contributed by atoms with Crippen molar-refractivity contribution in [1.29, 1.82) is 0 Å². The van der Waals surface area contributed by atoms with Gasteiger partial charge in [-0.3, -0.25) is 4.79 Å². The quantitative estimate of drug-likeness (QED) is 0.831. The Labute approximate surface area is 135 Å². The predicted octanol–water partition coefficient (Wildman–Crippen LogP) is 2.99. The first-order chi connectivity index (χ1) is 9.15. The minimum atomic E-state index is -0.00202. The molecule has 0 unspecified atom stereocenters. The summed E-state index contributed by atoms with van der Waals surface area (Å²) in [6.07, 6.45) is 3.44. The summed E-state index contributed by atoms with van der Waals surface area (Å²) >= 11 is 11.8. The molecule has 0 atom stereocenters. The van der Waals surface area contributed by atoms with E-state index in [1.165, 1.54) is 5.57 Å². The fourth-order valence-corrected chi connectivity index (χ4v) is 2.26. The lowest BCUT2D eigenvalue weighted by Gasteiger charge is -2.14. The number of halogens is 3. The number of carbonyl (C=O) groups excluding carboxylic acids is 1. The monoisotopic (exact) mass is 334 g/mol. The van der Waals surface area contributed by atoms with Crippen LogP contribution in [0.25, 0.3) is 0 Å². The van der Waals surface area contributed by atoms with Crippen molar-refractivity contribution in [3.05, 3.63) is 45.5 Å². The molecule has 2 N–H and O–H groups in total. The number of benzene rings is 1. The maximum Gasteiger partial charge on any atom is 0.224 e. The van der Waals surface area contributed by atoms with Gasteiger partial charge in [-0.2, -0.15) is 0 Å². The highest BCUT2D eigenvalue weighted by Gasteiger charge is 2.07. The lowest BCUT2D eigenvalue weighted by molar-refractivity contribution is -0.120. The van der Waals surface area contributed by atoms with Crippen molar-refractivity contribution in [3.63, 3.8) is 0 Å². The van der Waals surface area contributed by atoms with E-state index in [9.17, 15) is 4.79 Å². The van der Waals surface area contributed by atoms with E-state index in [1.807, 2.05) is 6.07 Å². The second kappa shape index (κ2) is 8.53. The summed E-state index contributed by atoms with van der Waals surface area (Å²) in [7, 11) is 0. The highest BCUT2D eigenvalue weighted by Crippen LogP contribution is 2.22. The highest BCUT2D eigenvalue weighted by atomic mass is 35.5. The molecule has 1 aliphatic rings. The zero-order valence-electron chi connectivity index (χ0n) is 10.9. The van der Waals surface area contributed by atoms with Crippen molar-refractivity contribution >= 4 is 41.5 Å². The first-order valence-electron chi connectivity index (χ1n) is 6.24. The fourth-order valence-electron chi connectivity index (χ4n) is 1.94. The van der Waals surface area contributed by atoms with Crippen LogP contribution in [0.3, 0.4) is 0 Å². The Balaban J connectivity index is 0.00000200. The molecule has 0 bridgehead atoms. The Kier molecular flexibility index (Phi) is 7.38. The van der Waals surface area contributed by atoms with E-state index in [-0.39, 0.29) is 18.3 Å². The van der Waals surface area contributed by atoms with Gasteiger partial charge in [0.15, 0.2) is 0 Å². The van der Waals surface area contributed by atoms with Crippen LogP contribution in [0, 0.1) is 0 Å². The van der Waals surface area contributed by atoms with Crippen LogP contribution in [0.4, 0.5) is 0 Å². The van der Waals surface area contributed by atoms with E-state index < -0.39 is 0 Å². The Morgan fingerprint density at radius 3 is 2.75 bits per heavy atom. The predicted molar refractivity (Wildman–Crippen MR) is 86.0 cm³/mol. The molecule has 0 spiro atoms. The maximum atomic E-state index is 11.8. The molecule has 1 amide bonds. The molecule has 20 heavy (non-hydrogen) atoms. The summed E-state index contributed by atoms with van der Waals surface area (Å²) in [6, 6.07) is 5.26. The lowest BCUT2D eigenvalue weighted by Crippen LogP contribution is -2.30. The largest absolute Gasteiger partial charge is 0.352 e. The SMILES string of the molecule is Cl.O=C(Cc1ccc(Cl)c(Cl)c1)NCC1=CCNCC1. The van der Waals surface area contributed by atoms with Gasteiger partial charge in [0, 0.05) is 13.1 Å². The number of hydrogen-bond acceptors (Lipinski definition) is 2. The van der Waals surface area contributed by atoms with Crippen LogP contribution in [0.1, 0.15) is 12.0 Å². The van der Waals surface area contributed by atoms with Crippen LogP contribution >= 0.6 is 35.6 Å². The third-order valence-corrected chi connectivity index (χ3v) is 3.76. The molecule has 2 rings (SSSR count). The van der Waals surface area contributed by atoms with Gasteiger partial charge in [-0.1, -0.05) is 40.9 Å². The molecule has 3 nitrogen and oxygen atoms in total. The molecule has 0 aliphatic carbocycles. The zero-order chi connectivity index (χ0) is 13.7. The summed E-state index contributed by atoms with van der Waals surface area (Å²) in [5.74, 6) is -0.00202. The molecule has 0 saturated carbocycles. The van der Waals surface area contributed by atoms with Crippen molar-refractivity contribution in [3.8, 4) is 0 Å². The number of amides is 1. The average molecular weight is 336 g/mol. The normalized spacial score (nSPS) is 14.2. The molecule has 6 heteroatoms. The smallest absolute Gasteiger partial charge is 0.224 e. The van der Waals surface area contributed by atoms with Gasteiger partial charge in [0.25, 0.3) is 0 Å². The number of rotatable bonds is 4. The minimum absolute atomic E-state index is 0. The molecule has 0 aromatic heterocycles. The Morgan fingerprint density at radius 2 is 2.10 bits per heavy atom. The maximum absolute atomic E-state index is 11.8. The average Bonchev–Trinajstić information content (AvgIpc) is 2.42. The summed E-state index contributed by atoms with van der Waals surface area (Å²) < 4.78 is 0. The standard InChI is InChI=1S/C14H16Cl2N2O.ClH/c15-12-2-1-11(7-13(12)16)8-14(19)18-9-10-3-5-17-6-4-10;/h1-3,7,17H,4-6,8-9H2,(H,18,19);1H. The molecule has 1 aliphatic heterocycles. The van der Waals surface area contributed by atoms with Gasteiger partial charge in [-0.15, -0.1) is 12.4 Å². The third kappa shape index (κ3) is 5.33. The number of nitrogens with one attached hydrogen (secondary N) is 2. The van der Waals surface area contributed by atoms with Crippen molar-refractivity contribution in [2.45, 2.75) is 12.8 Å². The van der Waals surface area contributed by atoms with E-state index in [4.69, 9.17) is 23.2 Å². The molecule has 1 heterocycles. The van der Waals surface area contributed by atoms with Crippen LogP contribution < -0.4 is 10.6 Å². The second-order valence-corrected chi connectivity index (χ2v) is 5.33. The van der Waals surface area contributed by atoms with Crippen LogP contribution in [0.5, 0.6) is 0 Å².